The standard InChI is InChI=1S/C29H23N3OS2/c30-18-22-19-32(20-22)28(33)26-21-34-27(31-26)16-17-35-29(23-10-4-1-5-11-23,24-12-6-2-7-13-24)25-14-8-3-9-15-25/h1-17,21-22H,19-20H2. The summed E-state index contributed by atoms with van der Waals surface area (Å²) in [5.41, 5.74) is 4.00. The molecule has 2 heterocycles. The van der Waals surface area contributed by atoms with Gasteiger partial charge in [-0.1, -0.05) is 91.0 Å². The second-order valence-electron chi connectivity index (χ2n) is 8.31. The lowest BCUT2D eigenvalue weighted by Gasteiger charge is -2.34. The predicted octanol–water partition coefficient (Wildman–Crippen LogP) is 6.43. The number of carbonyl (C=O) groups is 1. The van der Waals surface area contributed by atoms with Gasteiger partial charge >= 0.3 is 0 Å². The van der Waals surface area contributed by atoms with E-state index < -0.39 is 4.75 Å². The molecule has 4 aromatic rings. The molecule has 5 rings (SSSR count). The van der Waals surface area contributed by atoms with E-state index >= 15 is 0 Å². The molecule has 172 valence electrons. The van der Waals surface area contributed by atoms with Gasteiger partial charge in [0.05, 0.1) is 16.7 Å². The number of rotatable bonds is 7. The summed E-state index contributed by atoms with van der Waals surface area (Å²) in [6.45, 7) is 0.975. The molecule has 1 aliphatic rings. The zero-order chi connectivity index (χ0) is 24.1. The van der Waals surface area contributed by atoms with Crippen molar-refractivity contribution < 1.29 is 4.79 Å². The molecule has 1 saturated heterocycles. The predicted molar refractivity (Wildman–Crippen MR) is 143 cm³/mol. The molecule has 35 heavy (non-hydrogen) atoms. The lowest BCUT2D eigenvalue weighted by Crippen LogP contribution is -2.49. The third-order valence-electron chi connectivity index (χ3n) is 6.09. The molecule has 0 N–H and O–H groups in total. The van der Waals surface area contributed by atoms with E-state index in [9.17, 15) is 4.79 Å². The van der Waals surface area contributed by atoms with Crippen molar-refractivity contribution in [2.45, 2.75) is 4.75 Å². The molecule has 0 atom stereocenters. The maximum Gasteiger partial charge on any atom is 0.273 e. The number of thioether (sulfide) groups is 1. The number of nitrogens with zero attached hydrogens (tertiary/aromatic N) is 3. The fraction of sp³-hybridized carbons (Fsp3) is 0.138. The largest absolute Gasteiger partial charge is 0.335 e. The van der Waals surface area contributed by atoms with Crippen molar-refractivity contribution in [3.63, 3.8) is 0 Å². The van der Waals surface area contributed by atoms with E-state index in [1.807, 2.05) is 24.3 Å². The maximum absolute atomic E-state index is 12.6. The van der Waals surface area contributed by atoms with Gasteiger partial charge in [0.1, 0.15) is 10.7 Å². The van der Waals surface area contributed by atoms with E-state index in [1.54, 1.807) is 22.0 Å². The van der Waals surface area contributed by atoms with Gasteiger partial charge in [-0.3, -0.25) is 4.79 Å². The average Bonchev–Trinajstić information content (AvgIpc) is 3.37. The van der Waals surface area contributed by atoms with E-state index in [4.69, 9.17) is 5.26 Å². The lowest BCUT2D eigenvalue weighted by atomic mass is 9.84. The molecular formula is C29H23N3OS2. The third kappa shape index (κ3) is 4.66. The van der Waals surface area contributed by atoms with Gasteiger partial charge in [0.2, 0.25) is 0 Å². The summed E-state index contributed by atoms with van der Waals surface area (Å²) in [6, 6.07) is 33.8. The molecule has 1 aromatic heterocycles. The van der Waals surface area contributed by atoms with E-state index in [0.717, 1.165) is 5.01 Å². The maximum atomic E-state index is 12.6. The average molecular weight is 494 g/mol. The van der Waals surface area contributed by atoms with Crippen LogP contribution >= 0.6 is 23.1 Å². The fourth-order valence-corrected chi connectivity index (χ4v) is 6.25. The first kappa shape index (κ1) is 23.1. The zero-order valence-electron chi connectivity index (χ0n) is 19.0. The molecule has 0 spiro atoms. The summed E-state index contributed by atoms with van der Waals surface area (Å²) >= 11 is 3.17. The third-order valence-corrected chi connectivity index (χ3v) is 8.23. The molecule has 1 fully saturated rings. The molecule has 1 amide bonds. The monoisotopic (exact) mass is 493 g/mol. The van der Waals surface area contributed by atoms with Gasteiger partial charge in [0.25, 0.3) is 5.91 Å². The number of thiazole rings is 1. The number of hydrogen-bond acceptors (Lipinski definition) is 5. The van der Waals surface area contributed by atoms with Gasteiger partial charge in [0.15, 0.2) is 0 Å². The van der Waals surface area contributed by atoms with Crippen LogP contribution in [0.1, 0.15) is 32.2 Å². The smallest absolute Gasteiger partial charge is 0.273 e. The SMILES string of the molecule is N#CC1CN(C(=O)c2csc(C=CSC(c3ccccc3)(c3ccccc3)c3ccccc3)n2)C1. The minimum Gasteiger partial charge on any atom is -0.335 e. The van der Waals surface area contributed by atoms with Crippen LogP contribution in [0.25, 0.3) is 6.08 Å². The van der Waals surface area contributed by atoms with Gasteiger partial charge in [-0.2, -0.15) is 5.26 Å². The Labute approximate surface area is 213 Å². The van der Waals surface area contributed by atoms with Crippen LogP contribution in [0.3, 0.4) is 0 Å². The van der Waals surface area contributed by atoms with Crippen LogP contribution in [-0.4, -0.2) is 28.9 Å². The van der Waals surface area contributed by atoms with Gasteiger partial charge < -0.3 is 4.90 Å². The molecule has 3 aromatic carbocycles. The summed E-state index contributed by atoms with van der Waals surface area (Å²) in [5.74, 6) is -0.164. The highest BCUT2D eigenvalue weighted by molar-refractivity contribution is 8.03. The van der Waals surface area contributed by atoms with Crippen molar-refractivity contribution in [1.29, 1.82) is 5.26 Å². The van der Waals surface area contributed by atoms with E-state index in [0.29, 0.717) is 18.8 Å². The Kier molecular flexibility index (Phi) is 6.80. The van der Waals surface area contributed by atoms with Crippen molar-refractivity contribution in [1.82, 2.24) is 9.88 Å². The van der Waals surface area contributed by atoms with Crippen molar-refractivity contribution in [3.8, 4) is 6.07 Å². The first-order valence-electron chi connectivity index (χ1n) is 11.4. The molecule has 0 aliphatic carbocycles. The van der Waals surface area contributed by atoms with E-state index in [2.05, 4.69) is 89.3 Å². The second-order valence-corrected chi connectivity index (χ2v) is 10.3. The molecule has 6 heteroatoms. The van der Waals surface area contributed by atoms with E-state index in [1.165, 1.54) is 28.0 Å². The molecule has 1 aliphatic heterocycles. The first-order valence-corrected chi connectivity index (χ1v) is 13.1. The highest BCUT2D eigenvalue weighted by Crippen LogP contribution is 2.49. The van der Waals surface area contributed by atoms with Crippen molar-refractivity contribution in [2.24, 2.45) is 5.92 Å². The quantitative estimate of drug-likeness (QED) is 0.278. The van der Waals surface area contributed by atoms with Crippen molar-refractivity contribution in [2.75, 3.05) is 13.1 Å². The number of nitriles is 1. The van der Waals surface area contributed by atoms with Gasteiger partial charge in [-0.25, -0.2) is 4.98 Å². The Balaban J connectivity index is 1.46. The van der Waals surface area contributed by atoms with Crippen LogP contribution in [0, 0.1) is 17.2 Å². The highest BCUT2D eigenvalue weighted by Gasteiger charge is 2.36. The summed E-state index contributed by atoms with van der Waals surface area (Å²) in [4.78, 5) is 18.8. The molecule has 0 bridgehead atoms. The normalized spacial score (nSPS) is 14.0. The van der Waals surface area contributed by atoms with Gasteiger partial charge in [-0.15, -0.1) is 23.1 Å². The minimum absolute atomic E-state index is 0.0598. The number of likely N-dealkylation sites (tertiary alicyclic amines) is 1. The lowest BCUT2D eigenvalue weighted by molar-refractivity contribution is 0.0572. The van der Waals surface area contributed by atoms with Crippen LogP contribution in [0.4, 0.5) is 0 Å². The van der Waals surface area contributed by atoms with E-state index in [-0.39, 0.29) is 11.8 Å². The second kappa shape index (κ2) is 10.3. The number of amides is 1. The summed E-state index contributed by atoms with van der Waals surface area (Å²) in [6.07, 6.45) is 1.98. The number of benzene rings is 3. The van der Waals surface area contributed by atoms with Gasteiger partial charge in [0, 0.05) is 18.5 Å². The van der Waals surface area contributed by atoms with Crippen molar-refractivity contribution >= 4 is 35.1 Å². The Bertz CT molecular complexity index is 1260. The Hall–Kier alpha value is -3.66. The summed E-state index contributed by atoms with van der Waals surface area (Å²) in [7, 11) is 0. The summed E-state index contributed by atoms with van der Waals surface area (Å²) in [5, 5.41) is 13.6. The van der Waals surface area contributed by atoms with Crippen LogP contribution in [0.5, 0.6) is 0 Å². The van der Waals surface area contributed by atoms with Crippen LogP contribution in [0.2, 0.25) is 0 Å². The minimum atomic E-state index is -0.444. The summed E-state index contributed by atoms with van der Waals surface area (Å²) < 4.78 is -0.444. The Morgan fingerprint density at radius 3 is 1.94 bits per heavy atom. The van der Waals surface area contributed by atoms with Gasteiger partial charge in [-0.05, 0) is 28.2 Å². The topological polar surface area (TPSA) is 57.0 Å². The Morgan fingerprint density at radius 1 is 0.943 bits per heavy atom. The van der Waals surface area contributed by atoms with Crippen molar-refractivity contribution in [3.05, 3.63) is 129 Å². The molecule has 0 radical (unpaired) electrons. The first-order chi connectivity index (χ1) is 17.2. The molecule has 0 saturated carbocycles. The highest BCUT2D eigenvalue weighted by atomic mass is 32.2. The van der Waals surface area contributed by atoms with Crippen LogP contribution < -0.4 is 0 Å². The number of hydrogen-bond donors (Lipinski definition) is 0. The Morgan fingerprint density at radius 2 is 1.46 bits per heavy atom. The molecule has 4 nitrogen and oxygen atoms in total. The molecular weight excluding hydrogens is 470 g/mol. The zero-order valence-corrected chi connectivity index (χ0v) is 20.6. The van der Waals surface area contributed by atoms with Crippen LogP contribution in [-0.2, 0) is 4.75 Å². The number of aromatic nitrogens is 1. The fourth-order valence-electron chi connectivity index (χ4n) is 4.27. The number of carbonyl (C=O) groups excluding carboxylic acids is 1. The van der Waals surface area contributed by atoms with Crippen LogP contribution in [0.15, 0.2) is 102 Å². The molecule has 0 unspecified atom stereocenters.